The van der Waals surface area contributed by atoms with Crippen LogP contribution in [0.15, 0.2) is 77.7 Å². The first-order valence-electron chi connectivity index (χ1n) is 13.7. The number of nitrogens with zero attached hydrogens (tertiary/aromatic N) is 2. The van der Waals surface area contributed by atoms with Crippen molar-refractivity contribution in [2.45, 2.75) is 57.5 Å². The smallest absolute Gasteiger partial charge is 0.264 e. The van der Waals surface area contributed by atoms with Crippen molar-refractivity contribution in [3.63, 3.8) is 0 Å². The van der Waals surface area contributed by atoms with Gasteiger partial charge in [0.2, 0.25) is 11.8 Å². The number of hydrogen-bond acceptors (Lipinski definition) is 5. The van der Waals surface area contributed by atoms with Crippen molar-refractivity contribution in [1.82, 2.24) is 10.2 Å². The highest BCUT2D eigenvalue weighted by molar-refractivity contribution is 7.92. The molecular weight excluding hydrogens is 562 g/mol. The first-order chi connectivity index (χ1) is 19.6. The van der Waals surface area contributed by atoms with Crippen LogP contribution < -0.4 is 14.4 Å². The van der Waals surface area contributed by atoms with Gasteiger partial charge in [0.1, 0.15) is 18.3 Å². The molecule has 3 rings (SSSR count). The summed E-state index contributed by atoms with van der Waals surface area (Å²) < 4.78 is 34.1. The molecule has 1 atom stereocenters. The summed E-state index contributed by atoms with van der Waals surface area (Å²) in [5.74, 6) is -0.283. The molecule has 2 amide bonds. The van der Waals surface area contributed by atoms with Gasteiger partial charge in [-0.2, -0.15) is 0 Å². The van der Waals surface area contributed by atoms with Crippen LogP contribution in [0.25, 0.3) is 0 Å². The van der Waals surface area contributed by atoms with Crippen molar-refractivity contribution in [1.29, 1.82) is 0 Å². The zero-order valence-corrected chi connectivity index (χ0v) is 25.5. The van der Waals surface area contributed by atoms with Gasteiger partial charge in [-0.1, -0.05) is 67.8 Å². The van der Waals surface area contributed by atoms with Gasteiger partial charge in [0, 0.05) is 18.1 Å². The van der Waals surface area contributed by atoms with E-state index in [0.29, 0.717) is 23.7 Å². The summed E-state index contributed by atoms with van der Waals surface area (Å²) in [6.07, 6.45) is 2.09. The predicted molar refractivity (Wildman–Crippen MR) is 163 cm³/mol. The fourth-order valence-electron chi connectivity index (χ4n) is 4.47. The van der Waals surface area contributed by atoms with Crippen LogP contribution in [0.2, 0.25) is 5.02 Å². The minimum atomic E-state index is -4.20. The molecule has 0 bridgehead atoms. The van der Waals surface area contributed by atoms with E-state index in [-0.39, 0.29) is 23.0 Å². The Kier molecular flexibility index (Phi) is 11.6. The third-order valence-corrected chi connectivity index (χ3v) is 8.70. The maximum atomic E-state index is 14.1. The molecule has 0 aliphatic carbocycles. The first-order valence-corrected chi connectivity index (χ1v) is 15.5. The SMILES string of the molecule is CCCCNC(=O)C(CC)N(Cc1cccc(C)c1)C(=O)CN(c1cccc(Cl)c1)S(=O)(=O)c1ccc(OC)cc1. The topological polar surface area (TPSA) is 96.0 Å². The Morgan fingerprint density at radius 2 is 1.71 bits per heavy atom. The number of ether oxygens (including phenoxy) is 1. The van der Waals surface area contributed by atoms with E-state index in [0.717, 1.165) is 28.3 Å². The second-order valence-corrected chi connectivity index (χ2v) is 12.0. The number of halogens is 1. The average molecular weight is 600 g/mol. The fraction of sp³-hybridized carbons (Fsp3) is 0.355. The second-order valence-electron chi connectivity index (χ2n) is 9.75. The second kappa shape index (κ2) is 14.9. The summed E-state index contributed by atoms with van der Waals surface area (Å²) in [5, 5.41) is 3.25. The fourth-order valence-corrected chi connectivity index (χ4v) is 6.06. The van der Waals surface area contributed by atoms with Gasteiger partial charge in [-0.05, 0) is 67.8 Å². The highest BCUT2D eigenvalue weighted by Gasteiger charge is 2.33. The number of benzene rings is 3. The minimum Gasteiger partial charge on any atom is -0.497 e. The Balaban J connectivity index is 2.04. The van der Waals surface area contributed by atoms with Crippen molar-refractivity contribution >= 4 is 39.1 Å². The number of anilines is 1. The summed E-state index contributed by atoms with van der Waals surface area (Å²) in [4.78, 5) is 28.8. The molecule has 1 unspecified atom stereocenters. The molecule has 41 heavy (non-hydrogen) atoms. The van der Waals surface area contributed by atoms with Gasteiger partial charge in [-0.3, -0.25) is 13.9 Å². The van der Waals surface area contributed by atoms with Crippen molar-refractivity contribution in [2.24, 2.45) is 0 Å². The lowest BCUT2D eigenvalue weighted by Gasteiger charge is -2.33. The molecule has 1 N–H and O–H groups in total. The van der Waals surface area contributed by atoms with Gasteiger partial charge in [0.25, 0.3) is 10.0 Å². The molecule has 220 valence electrons. The molecule has 0 saturated heterocycles. The Hall–Kier alpha value is -3.56. The lowest BCUT2D eigenvalue weighted by Crippen LogP contribution is -2.52. The summed E-state index contributed by atoms with van der Waals surface area (Å²) in [6, 6.07) is 19.2. The third-order valence-electron chi connectivity index (χ3n) is 6.67. The molecule has 3 aromatic rings. The average Bonchev–Trinajstić information content (AvgIpc) is 2.95. The number of aryl methyl sites for hydroxylation is 1. The van der Waals surface area contributed by atoms with Gasteiger partial charge in [-0.15, -0.1) is 0 Å². The van der Waals surface area contributed by atoms with E-state index in [1.165, 1.54) is 30.2 Å². The third kappa shape index (κ3) is 8.47. The molecular formula is C31H38ClN3O5S. The first kappa shape index (κ1) is 32.0. The van der Waals surface area contributed by atoms with Crippen LogP contribution in [0.1, 0.15) is 44.2 Å². The molecule has 10 heteroatoms. The van der Waals surface area contributed by atoms with Crippen LogP contribution in [-0.4, -0.2) is 51.4 Å². The minimum absolute atomic E-state index is 0.0133. The molecule has 0 aliphatic heterocycles. The molecule has 0 radical (unpaired) electrons. The van der Waals surface area contributed by atoms with Crippen LogP contribution in [0.5, 0.6) is 5.75 Å². The quantitative estimate of drug-likeness (QED) is 0.244. The molecule has 0 heterocycles. The maximum absolute atomic E-state index is 14.1. The Morgan fingerprint density at radius 3 is 2.32 bits per heavy atom. The van der Waals surface area contributed by atoms with Crippen molar-refractivity contribution in [2.75, 3.05) is 24.5 Å². The number of unbranched alkanes of at least 4 members (excludes halogenated alkanes) is 1. The number of amides is 2. The molecule has 0 aliphatic rings. The van der Waals surface area contributed by atoms with Gasteiger partial charge >= 0.3 is 0 Å². The highest BCUT2D eigenvalue weighted by Crippen LogP contribution is 2.28. The summed E-state index contributed by atoms with van der Waals surface area (Å²) in [5.41, 5.74) is 2.08. The van der Waals surface area contributed by atoms with E-state index >= 15 is 0 Å². The number of sulfonamides is 1. The number of hydrogen-bond donors (Lipinski definition) is 1. The lowest BCUT2D eigenvalue weighted by atomic mass is 10.1. The van der Waals surface area contributed by atoms with E-state index in [9.17, 15) is 18.0 Å². The summed E-state index contributed by atoms with van der Waals surface area (Å²) >= 11 is 6.23. The zero-order chi connectivity index (χ0) is 30.0. The number of rotatable bonds is 14. The van der Waals surface area contributed by atoms with Gasteiger partial charge in [0.15, 0.2) is 0 Å². The largest absolute Gasteiger partial charge is 0.497 e. The molecule has 0 saturated carbocycles. The number of carbonyl (C=O) groups excluding carboxylic acids is 2. The molecule has 0 aromatic heterocycles. The highest BCUT2D eigenvalue weighted by atomic mass is 35.5. The van der Waals surface area contributed by atoms with E-state index in [1.807, 2.05) is 45.0 Å². The lowest BCUT2D eigenvalue weighted by molar-refractivity contribution is -0.140. The van der Waals surface area contributed by atoms with Crippen molar-refractivity contribution in [3.8, 4) is 5.75 Å². The standard InChI is InChI=1S/C31H38ClN3O5S/c1-5-7-18-33-31(37)29(6-2)34(21-24-11-8-10-23(3)19-24)30(36)22-35(26-13-9-12-25(32)20-26)41(38,39)28-16-14-27(40-4)15-17-28/h8-17,19-20,29H,5-7,18,21-22H2,1-4H3,(H,33,37). The van der Waals surface area contributed by atoms with Gasteiger partial charge in [-0.25, -0.2) is 8.42 Å². The van der Waals surface area contributed by atoms with Crippen molar-refractivity contribution in [3.05, 3.63) is 88.9 Å². The Morgan fingerprint density at radius 1 is 1.00 bits per heavy atom. The van der Waals surface area contributed by atoms with Crippen LogP contribution in [0, 0.1) is 6.92 Å². The predicted octanol–water partition coefficient (Wildman–Crippen LogP) is 5.58. The summed E-state index contributed by atoms with van der Waals surface area (Å²) in [7, 11) is -2.71. The van der Waals surface area contributed by atoms with E-state index < -0.39 is 28.5 Å². The van der Waals surface area contributed by atoms with E-state index in [2.05, 4.69) is 5.32 Å². The Bertz CT molecular complexity index is 1430. The van der Waals surface area contributed by atoms with Crippen LogP contribution >= 0.6 is 11.6 Å². The normalized spacial score (nSPS) is 11.9. The number of carbonyl (C=O) groups is 2. The van der Waals surface area contributed by atoms with Crippen LogP contribution in [-0.2, 0) is 26.2 Å². The summed E-state index contributed by atoms with van der Waals surface area (Å²) in [6.45, 7) is 5.94. The van der Waals surface area contributed by atoms with Crippen molar-refractivity contribution < 1.29 is 22.7 Å². The van der Waals surface area contributed by atoms with E-state index in [4.69, 9.17) is 16.3 Å². The number of nitrogens with one attached hydrogen (secondary N) is 1. The molecule has 0 spiro atoms. The molecule has 0 fully saturated rings. The van der Waals surface area contributed by atoms with Crippen LogP contribution in [0.4, 0.5) is 5.69 Å². The maximum Gasteiger partial charge on any atom is 0.264 e. The Labute approximate surface area is 248 Å². The van der Waals surface area contributed by atoms with Gasteiger partial charge in [0.05, 0.1) is 17.7 Å². The molecule has 3 aromatic carbocycles. The molecule has 8 nitrogen and oxygen atoms in total. The monoisotopic (exact) mass is 599 g/mol. The van der Waals surface area contributed by atoms with Crippen LogP contribution in [0.3, 0.4) is 0 Å². The number of methoxy groups -OCH3 is 1. The van der Waals surface area contributed by atoms with Gasteiger partial charge < -0.3 is 15.0 Å². The van der Waals surface area contributed by atoms with E-state index in [1.54, 1.807) is 30.3 Å². The zero-order valence-electron chi connectivity index (χ0n) is 24.0.